The highest BCUT2D eigenvalue weighted by Gasteiger charge is 2.19. The Morgan fingerprint density at radius 1 is 1.33 bits per heavy atom. The highest BCUT2D eigenvalue weighted by Crippen LogP contribution is 2.42. The molecule has 2 N–H and O–H groups in total. The van der Waals surface area contributed by atoms with Crippen molar-refractivity contribution in [2.45, 2.75) is 17.9 Å². The molecule has 1 aromatic carbocycles. The fourth-order valence-corrected chi connectivity index (χ4v) is 2.51. The Bertz CT molecular complexity index is 366. The second-order valence-electron chi connectivity index (χ2n) is 3.50. The first-order valence-corrected chi connectivity index (χ1v) is 6.18. The molecule has 1 aliphatic heterocycles. The SMILES string of the molecule is CSc1c(C(C)N)ccc2c1OCCO2. The van der Waals surface area contributed by atoms with E-state index in [-0.39, 0.29) is 6.04 Å². The third-order valence-electron chi connectivity index (χ3n) is 2.39. The van der Waals surface area contributed by atoms with E-state index in [2.05, 4.69) is 0 Å². The van der Waals surface area contributed by atoms with Crippen LogP contribution in [0.5, 0.6) is 11.5 Å². The van der Waals surface area contributed by atoms with Gasteiger partial charge in [0, 0.05) is 6.04 Å². The van der Waals surface area contributed by atoms with Crippen LogP contribution < -0.4 is 15.2 Å². The van der Waals surface area contributed by atoms with Crippen molar-refractivity contribution in [3.63, 3.8) is 0 Å². The highest BCUT2D eigenvalue weighted by molar-refractivity contribution is 7.98. The quantitative estimate of drug-likeness (QED) is 0.784. The van der Waals surface area contributed by atoms with Gasteiger partial charge in [-0.3, -0.25) is 0 Å². The van der Waals surface area contributed by atoms with Crippen LogP contribution >= 0.6 is 11.8 Å². The Kier molecular flexibility index (Phi) is 3.07. The molecule has 1 atom stereocenters. The molecule has 0 aromatic heterocycles. The van der Waals surface area contributed by atoms with Gasteiger partial charge in [0.05, 0.1) is 4.90 Å². The van der Waals surface area contributed by atoms with Gasteiger partial charge in [-0.05, 0) is 24.8 Å². The van der Waals surface area contributed by atoms with E-state index >= 15 is 0 Å². The maximum atomic E-state index is 5.91. The molecule has 82 valence electrons. The number of hydrogen-bond donors (Lipinski definition) is 1. The van der Waals surface area contributed by atoms with Crippen molar-refractivity contribution in [3.05, 3.63) is 17.7 Å². The zero-order valence-corrected chi connectivity index (χ0v) is 9.76. The van der Waals surface area contributed by atoms with E-state index in [9.17, 15) is 0 Å². The van der Waals surface area contributed by atoms with Crippen molar-refractivity contribution in [2.75, 3.05) is 19.5 Å². The second kappa shape index (κ2) is 4.33. The molecule has 0 saturated carbocycles. The minimum atomic E-state index is 0.0169. The Morgan fingerprint density at radius 2 is 2.07 bits per heavy atom. The molecule has 0 fully saturated rings. The summed E-state index contributed by atoms with van der Waals surface area (Å²) in [7, 11) is 0. The summed E-state index contributed by atoms with van der Waals surface area (Å²) in [6.45, 7) is 3.21. The molecule has 1 unspecified atom stereocenters. The summed E-state index contributed by atoms with van der Waals surface area (Å²) >= 11 is 1.65. The molecule has 4 heteroatoms. The van der Waals surface area contributed by atoms with E-state index < -0.39 is 0 Å². The molecule has 0 aliphatic carbocycles. The third kappa shape index (κ3) is 1.92. The topological polar surface area (TPSA) is 44.5 Å². The minimum Gasteiger partial charge on any atom is -0.486 e. The Labute approximate surface area is 93.9 Å². The predicted octanol–water partition coefficient (Wildman–Crippen LogP) is 2.20. The zero-order chi connectivity index (χ0) is 10.8. The summed E-state index contributed by atoms with van der Waals surface area (Å²) < 4.78 is 11.2. The predicted molar refractivity (Wildman–Crippen MR) is 61.8 cm³/mol. The summed E-state index contributed by atoms with van der Waals surface area (Å²) in [5.74, 6) is 1.68. The molecule has 15 heavy (non-hydrogen) atoms. The van der Waals surface area contributed by atoms with Gasteiger partial charge in [-0.15, -0.1) is 11.8 Å². The lowest BCUT2D eigenvalue weighted by atomic mass is 10.1. The van der Waals surface area contributed by atoms with Gasteiger partial charge in [-0.2, -0.15) is 0 Å². The summed E-state index contributed by atoms with van der Waals surface area (Å²) in [5, 5.41) is 0. The molecule has 1 heterocycles. The van der Waals surface area contributed by atoms with Crippen LogP contribution in [0.4, 0.5) is 0 Å². The Balaban J connectivity index is 2.51. The number of ether oxygens (including phenoxy) is 2. The van der Waals surface area contributed by atoms with Crippen LogP contribution in [0.25, 0.3) is 0 Å². The van der Waals surface area contributed by atoms with Gasteiger partial charge in [0.25, 0.3) is 0 Å². The van der Waals surface area contributed by atoms with Crippen LogP contribution in [0, 0.1) is 0 Å². The maximum Gasteiger partial charge on any atom is 0.175 e. The zero-order valence-electron chi connectivity index (χ0n) is 8.95. The average molecular weight is 225 g/mol. The first-order chi connectivity index (χ1) is 7.24. The van der Waals surface area contributed by atoms with E-state index in [1.807, 2.05) is 25.3 Å². The fraction of sp³-hybridized carbons (Fsp3) is 0.455. The largest absolute Gasteiger partial charge is 0.486 e. The molecule has 1 aromatic rings. The van der Waals surface area contributed by atoms with Crippen molar-refractivity contribution in [1.29, 1.82) is 0 Å². The van der Waals surface area contributed by atoms with Gasteiger partial charge in [-0.1, -0.05) is 6.07 Å². The van der Waals surface area contributed by atoms with Crippen LogP contribution in [0.2, 0.25) is 0 Å². The Hall–Kier alpha value is -0.870. The van der Waals surface area contributed by atoms with E-state index in [4.69, 9.17) is 15.2 Å². The van der Waals surface area contributed by atoms with Gasteiger partial charge >= 0.3 is 0 Å². The number of rotatable bonds is 2. The van der Waals surface area contributed by atoms with Crippen molar-refractivity contribution in [1.82, 2.24) is 0 Å². The van der Waals surface area contributed by atoms with Crippen LogP contribution in [-0.2, 0) is 0 Å². The summed E-state index contributed by atoms with van der Waals surface area (Å²) in [6.07, 6.45) is 2.03. The third-order valence-corrected chi connectivity index (χ3v) is 3.22. The average Bonchev–Trinajstić information content (AvgIpc) is 2.27. The maximum absolute atomic E-state index is 5.91. The summed E-state index contributed by atoms with van der Waals surface area (Å²) in [4.78, 5) is 1.10. The molecular weight excluding hydrogens is 210 g/mol. The lowest BCUT2D eigenvalue weighted by Crippen LogP contribution is -2.17. The first kappa shape index (κ1) is 10.6. The number of nitrogens with two attached hydrogens (primary N) is 1. The molecule has 2 rings (SSSR count). The number of benzene rings is 1. The molecule has 0 saturated heterocycles. The van der Waals surface area contributed by atoms with E-state index in [0.29, 0.717) is 13.2 Å². The lowest BCUT2D eigenvalue weighted by molar-refractivity contribution is 0.167. The fourth-order valence-electron chi connectivity index (χ4n) is 1.67. The van der Waals surface area contributed by atoms with Gasteiger partial charge in [0.1, 0.15) is 13.2 Å². The van der Waals surface area contributed by atoms with Crippen molar-refractivity contribution < 1.29 is 9.47 Å². The summed E-state index contributed by atoms with van der Waals surface area (Å²) in [5.41, 5.74) is 7.03. The molecule has 3 nitrogen and oxygen atoms in total. The van der Waals surface area contributed by atoms with Gasteiger partial charge in [-0.25, -0.2) is 0 Å². The van der Waals surface area contributed by atoms with Crippen LogP contribution in [0.3, 0.4) is 0 Å². The first-order valence-electron chi connectivity index (χ1n) is 4.96. The molecular formula is C11H15NO2S. The van der Waals surface area contributed by atoms with Gasteiger partial charge < -0.3 is 15.2 Å². The molecule has 0 spiro atoms. The second-order valence-corrected chi connectivity index (χ2v) is 4.32. The van der Waals surface area contributed by atoms with E-state index in [1.165, 1.54) is 0 Å². The van der Waals surface area contributed by atoms with Crippen molar-refractivity contribution in [3.8, 4) is 11.5 Å². The van der Waals surface area contributed by atoms with Crippen LogP contribution in [0.15, 0.2) is 17.0 Å². The van der Waals surface area contributed by atoms with Crippen LogP contribution in [0.1, 0.15) is 18.5 Å². The van der Waals surface area contributed by atoms with E-state index in [1.54, 1.807) is 11.8 Å². The van der Waals surface area contributed by atoms with Crippen LogP contribution in [-0.4, -0.2) is 19.5 Å². The Morgan fingerprint density at radius 3 is 2.73 bits per heavy atom. The van der Waals surface area contributed by atoms with Crippen molar-refractivity contribution >= 4 is 11.8 Å². The number of fused-ring (bicyclic) bond motifs is 1. The van der Waals surface area contributed by atoms with E-state index in [0.717, 1.165) is 22.0 Å². The number of hydrogen-bond acceptors (Lipinski definition) is 4. The lowest BCUT2D eigenvalue weighted by Gasteiger charge is -2.23. The number of thioether (sulfide) groups is 1. The highest BCUT2D eigenvalue weighted by atomic mass is 32.2. The standard InChI is InChI=1S/C11H15NO2S/c1-7(12)8-3-4-9-10(11(8)15-2)14-6-5-13-9/h3-4,7H,5-6,12H2,1-2H3. The van der Waals surface area contributed by atoms with Gasteiger partial charge in [0.15, 0.2) is 11.5 Å². The normalized spacial score (nSPS) is 16.2. The molecule has 0 radical (unpaired) electrons. The summed E-state index contributed by atoms with van der Waals surface area (Å²) in [6, 6.07) is 3.97. The van der Waals surface area contributed by atoms with Crippen molar-refractivity contribution in [2.24, 2.45) is 5.73 Å². The monoisotopic (exact) mass is 225 g/mol. The smallest absolute Gasteiger partial charge is 0.175 e. The molecule has 1 aliphatic rings. The minimum absolute atomic E-state index is 0.0169. The molecule has 0 bridgehead atoms. The molecule has 0 amide bonds. The van der Waals surface area contributed by atoms with Gasteiger partial charge in [0.2, 0.25) is 0 Å².